The molecule has 0 rings (SSSR count). The van der Waals surface area contributed by atoms with Crippen molar-refractivity contribution in [1.29, 1.82) is 0 Å². The van der Waals surface area contributed by atoms with E-state index in [1.54, 1.807) is 0 Å². The Morgan fingerprint density at radius 2 is 1.62 bits per heavy atom. The van der Waals surface area contributed by atoms with Gasteiger partial charge in [-0.15, -0.1) is 0 Å². The van der Waals surface area contributed by atoms with E-state index in [-0.39, 0.29) is 0 Å². The average molecular weight is 156 g/mol. The Morgan fingerprint density at radius 1 is 1.50 bits per heavy atom. The predicted octanol–water partition coefficient (Wildman–Crippen LogP) is 0.830. The van der Waals surface area contributed by atoms with Crippen molar-refractivity contribution in [2.24, 2.45) is 0 Å². The van der Waals surface area contributed by atoms with E-state index in [2.05, 4.69) is 12.6 Å². The molecule has 0 unspecified atom stereocenters. The fraction of sp³-hybridized carbons (Fsp3) is 1.00. The summed E-state index contributed by atoms with van der Waals surface area (Å²) in [6, 6.07) is 0. The zero-order chi connectivity index (χ0) is 7.00. The summed E-state index contributed by atoms with van der Waals surface area (Å²) in [4.78, 5) is 16.8. The van der Waals surface area contributed by atoms with Crippen molar-refractivity contribution < 1.29 is 14.4 Å². The normalized spacial score (nSPS) is 14.1. The molecule has 8 heavy (non-hydrogen) atoms. The third-order valence-corrected chi connectivity index (χ3v) is 2.92. The van der Waals surface area contributed by atoms with E-state index in [9.17, 15) is 4.57 Å². The maximum Gasteiger partial charge on any atom is 0.340 e. The molecule has 2 N–H and O–H groups in total. The molecule has 0 aromatic rings. The van der Waals surface area contributed by atoms with Crippen LogP contribution in [0, 0.1) is 0 Å². The van der Waals surface area contributed by atoms with Gasteiger partial charge in [0.05, 0.1) is 0 Å². The van der Waals surface area contributed by atoms with E-state index in [0.29, 0.717) is 0 Å². The number of hydrogen-bond acceptors (Lipinski definition) is 2. The first-order chi connectivity index (χ1) is 3.25. The molecule has 0 bridgehead atoms. The molecule has 0 aliphatic carbocycles. The second kappa shape index (κ2) is 2.03. The highest BCUT2D eigenvalue weighted by molar-refractivity contribution is 7.90. The molecule has 0 spiro atoms. The van der Waals surface area contributed by atoms with E-state index in [0.717, 1.165) is 0 Å². The van der Waals surface area contributed by atoms with Crippen molar-refractivity contribution in [3.63, 3.8) is 0 Å². The lowest BCUT2D eigenvalue weighted by atomic mass is 10.5. The standard InChI is InChI=1S/C3H9O3PS/c1-3(2,8)7(4,5)6/h8H,1-2H3,(H2,4,5,6). The summed E-state index contributed by atoms with van der Waals surface area (Å²) in [5.74, 6) is 0. The van der Waals surface area contributed by atoms with E-state index < -0.39 is 12.1 Å². The average Bonchev–Trinajstić information content (AvgIpc) is 1.25. The molecule has 0 aromatic carbocycles. The Kier molecular flexibility index (Phi) is 2.15. The zero-order valence-corrected chi connectivity index (χ0v) is 6.49. The van der Waals surface area contributed by atoms with Crippen molar-refractivity contribution in [2.75, 3.05) is 0 Å². The van der Waals surface area contributed by atoms with Gasteiger partial charge in [0.1, 0.15) is 4.49 Å². The third kappa shape index (κ3) is 2.18. The Balaban J connectivity index is 4.26. The van der Waals surface area contributed by atoms with Crippen LogP contribution in [-0.2, 0) is 4.57 Å². The molecule has 5 heteroatoms. The maximum atomic E-state index is 10.3. The van der Waals surface area contributed by atoms with Crippen LogP contribution in [0.5, 0.6) is 0 Å². The van der Waals surface area contributed by atoms with Gasteiger partial charge in [0, 0.05) is 0 Å². The molecule has 0 aliphatic heterocycles. The van der Waals surface area contributed by atoms with Crippen LogP contribution in [0.4, 0.5) is 0 Å². The highest BCUT2D eigenvalue weighted by Gasteiger charge is 2.33. The quantitative estimate of drug-likeness (QED) is 0.389. The lowest BCUT2D eigenvalue weighted by Gasteiger charge is -2.17. The van der Waals surface area contributed by atoms with Crippen LogP contribution in [-0.4, -0.2) is 14.3 Å². The Hall–Kier alpha value is 0.500. The Bertz CT molecular complexity index is 121. The molecule has 3 nitrogen and oxygen atoms in total. The summed E-state index contributed by atoms with van der Waals surface area (Å²) in [6.45, 7) is 2.74. The second-order valence-corrected chi connectivity index (χ2v) is 5.72. The first kappa shape index (κ1) is 8.50. The van der Waals surface area contributed by atoms with Crippen molar-refractivity contribution in [2.45, 2.75) is 18.3 Å². The summed E-state index contributed by atoms with van der Waals surface area (Å²) in [5.41, 5.74) is 0. The van der Waals surface area contributed by atoms with Gasteiger partial charge in [-0.3, -0.25) is 4.57 Å². The summed E-state index contributed by atoms with van der Waals surface area (Å²) >= 11 is 3.67. The van der Waals surface area contributed by atoms with Crippen LogP contribution in [0.3, 0.4) is 0 Å². The lowest BCUT2D eigenvalue weighted by molar-refractivity contribution is 0.358. The molecule has 0 aromatic heterocycles. The SMILES string of the molecule is CC(C)(S)P(=O)(O)O. The fourth-order valence-electron chi connectivity index (χ4n) is 0. The third-order valence-electron chi connectivity index (χ3n) is 0.713. The number of rotatable bonds is 1. The zero-order valence-electron chi connectivity index (χ0n) is 4.70. The number of thiol groups is 1. The molecule has 0 amide bonds. The van der Waals surface area contributed by atoms with Gasteiger partial charge in [0.15, 0.2) is 0 Å². The molecular formula is C3H9O3PS. The Morgan fingerprint density at radius 3 is 1.62 bits per heavy atom. The Labute approximate surface area is 53.7 Å². The fourth-order valence-corrected chi connectivity index (χ4v) is 0. The van der Waals surface area contributed by atoms with Crippen LogP contribution >= 0.6 is 20.2 Å². The smallest absolute Gasteiger partial charge is 0.323 e. The summed E-state index contributed by atoms with van der Waals surface area (Å²) in [5, 5.41) is 0. The highest BCUT2D eigenvalue weighted by Crippen LogP contribution is 2.52. The van der Waals surface area contributed by atoms with E-state index in [1.807, 2.05) is 0 Å². The first-order valence-electron chi connectivity index (χ1n) is 2.03. The summed E-state index contributed by atoms with van der Waals surface area (Å²) in [7, 11) is -3.99. The topological polar surface area (TPSA) is 57.5 Å². The molecular weight excluding hydrogens is 147 g/mol. The van der Waals surface area contributed by atoms with Crippen LogP contribution in [0.25, 0.3) is 0 Å². The molecule has 0 radical (unpaired) electrons. The molecule has 0 fully saturated rings. The number of hydrogen-bond donors (Lipinski definition) is 3. The maximum absolute atomic E-state index is 10.3. The molecule has 0 atom stereocenters. The van der Waals surface area contributed by atoms with Crippen molar-refractivity contribution in [3.05, 3.63) is 0 Å². The van der Waals surface area contributed by atoms with Gasteiger partial charge in [-0.1, -0.05) is 0 Å². The molecule has 50 valence electrons. The minimum atomic E-state index is -3.99. The van der Waals surface area contributed by atoms with Gasteiger partial charge in [-0.25, -0.2) is 0 Å². The van der Waals surface area contributed by atoms with Crippen molar-refractivity contribution >= 4 is 20.2 Å². The highest BCUT2D eigenvalue weighted by atomic mass is 32.1. The van der Waals surface area contributed by atoms with Gasteiger partial charge in [0.2, 0.25) is 0 Å². The van der Waals surface area contributed by atoms with Gasteiger partial charge < -0.3 is 9.79 Å². The van der Waals surface area contributed by atoms with Crippen molar-refractivity contribution in [1.82, 2.24) is 0 Å². The van der Waals surface area contributed by atoms with Crippen LogP contribution in [0.1, 0.15) is 13.8 Å². The van der Waals surface area contributed by atoms with E-state index in [1.165, 1.54) is 13.8 Å². The van der Waals surface area contributed by atoms with Gasteiger partial charge in [0.25, 0.3) is 0 Å². The van der Waals surface area contributed by atoms with Gasteiger partial charge >= 0.3 is 7.60 Å². The van der Waals surface area contributed by atoms with E-state index in [4.69, 9.17) is 9.79 Å². The minimum Gasteiger partial charge on any atom is -0.323 e. The monoisotopic (exact) mass is 156 g/mol. The molecule has 0 saturated heterocycles. The van der Waals surface area contributed by atoms with Crippen LogP contribution < -0.4 is 0 Å². The van der Waals surface area contributed by atoms with Crippen molar-refractivity contribution in [3.8, 4) is 0 Å². The van der Waals surface area contributed by atoms with Gasteiger partial charge in [-0.2, -0.15) is 12.6 Å². The molecule has 0 heterocycles. The van der Waals surface area contributed by atoms with Gasteiger partial charge in [-0.05, 0) is 13.8 Å². The second-order valence-electron chi connectivity index (χ2n) is 2.04. The first-order valence-corrected chi connectivity index (χ1v) is 4.09. The lowest BCUT2D eigenvalue weighted by Crippen LogP contribution is -2.09. The minimum absolute atomic E-state index is 1.20. The molecule has 0 aliphatic rings. The summed E-state index contributed by atoms with van der Waals surface area (Å²) < 4.78 is 9.07. The predicted molar refractivity (Wildman–Crippen MR) is 35.1 cm³/mol. The van der Waals surface area contributed by atoms with Crippen LogP contribution in [0.2, 0.25) is 0 Å². The van der Waals surface area contributed by atoms with Crippen LogP contribution in [0.15, 0.2) is 0 Å². The molecule has 0 saturated carbocycles. The van der Waals surface area contributed by atoms with E-state index >= 15 is 0 Å². The largest absolute Gasteiger partial charge is 0.340 e. The summed E-state index contributed by atoms with van der Waals surface area (Å²) in [6.07, 6.45) is 0.